The van der Waals surface area contributed by atoms with Gasteiger partial charge in [-0.05, 0) is 12.8 Å². The van der Waals surface area contributed by atoms with E-state index in [4.69, 9.17) is 0 Å². The zero-order chi connectivity index (χ0) is 6.69. The van der Waals surface area contributed by atoms with Crippen molar-refractivity contribution in [1.82, 2.24) is 4.90 Å². The molecule has 1 fully saturated rings. The van der Waals surface area contributed by atoms with Crippen molar-refractivity contribution in [2.45, 2.75) is 16.8 Å². The molecule has 0 bridgehead atoms. The Balaban J connectivity index is 2.26. The number of nitrogens with zero attached hydrogens (tertiary/aromatic N) is 1. The highest BCUT2D eigenvalue weighted by Gasteiger charge is 2.13. The van der Waals surface area contributed by atoms with E-state index in [1.165, 1.54) is 12.8 Å². The fourth-order valence-corrected chi connectivity index (χ4v) is 1.53. The van der Waals surface area contributed by atoms with E-state index in [0.717, 1.165) is 23.4 Å². The molecule has 0 aromatic heterocycles. The highest BCUT2D eigenvalue weighted by Crippen LogP contribution is 2.16. The summed E-state index contributed by atoms with van der Waals surface area (Å²) < 4.78 is 0.791. The lowest BCUT2D eigenvalue weighted by Crippen LogP contribution is -2.32. The van der Waals surface area contributed by atoms with Crippen molar-refractivity contribution in [3.8, 4) is 0 Å². The topological polar surface area (TPSA) is 20.3 Å². The molecule has 0 aromatic carbocycles. The number of hydrogen-bond donors (Lipinski definition) is 0. The van der Waals surface area contributed by atoms with Crippen molar-refractivity contribution in [1.29, 1.82) is 0 Å². The molecule has 0 aromatic rings. The van der Waals surface area contributed by atoms with E-state index >= 15 is 0 Å². The summed E-state index contributed by atoms with van der Waals surface area (Å²) in [6, 6.07) is 0. The lowest BCUT2D eigenvalue weighted by molar-refractivity contribution is -0.118. The number of amides is 1. The molecule has 52 valence electrons. The van der Waals surface area contributed by atoms with Crippen LogP contribution in [0.5, 0.6) is 0 Å². The molecule has 1 heterocycles. The Morgan fingerprint density at radius 1 is 1.44 bits per heavy atom. The fourth-order valence-electron chi connectivity index (χ4n) is 0.973. The predicted octanol–water partition coefficient (Wildman–Crippen LogP) is 1.04. The monoisotopic (exact) mass is 239 g/mol. The molecule has 0 aliphatic carbocycles. The zero-order valence-corrected chi connectivity index (χ0v) is 7.37. The van der Waals surface area contributed by atoms with Gasteiger partial charge in [-0.1, -0.05) is 22.6 Å². The number of rotatable bonds is 1. The number of carbonyl (C=O) groups excluding carboxylic acids is 1. The minimum Gasteiger partial charge on any atom is -0.345 e. The third-order valence-corrected chi connectivity index (χ3v) is 2.85. The van der Waals surface area contributed by atoms with Gasteiger partial charge in [0.05, 0.1) is 0 Å². The molecule has 9 heavy (non-hydrogen) atoms. The SMILES string of the molecule is O=CN1CCC(I)CC1. The van der Waals surface area contributed by atoms with Crippen LogP contribution < -0.4 is 0 Å². The van der Waals surface area contributed by atoms with Gasteiger partial charge >= 0.3 is 0 Å². The quantitative estimate of drug-likeness (QED) is 0.380. The van der Waals surface area contributed by atoms with Crippen molar-refractivity contribution >= 4 is 29.0 Å². The number of halogens is 1. The summed E-state index contributed by atoms with van der Waals surface area (Å²) in [7, 11) is 0. The number of hydrogen-bond acceptors (Lipinski definition) is 1. The molecule has 0 atom stereocenters. The van der Waals surface area contributed by atoms with E-state index in [1.807, 2.05) is 4.90 Å². The van der Waals surface area contributed by atoms with Crippen LogP contribution in [0.15, 0.2) is 0 Å². The maximum Gasteiger partial charge on any atom is 0.209 e. The molecule has 1 rings (SSSR count). The van der Waals surface area contributed by atoms with Gasteiger partial charge in [-0.25, -0.2) is 0 Å². The van der Waals surface area contributed by atoms with Crippen LogP contribution in [0.4, 0.5) is 0 Å². The lowest BCUT2D eigenvalue weighted by Gasteiger charge is -2.25. The van der Waals surface area contributed by atoms with Gasteiger partial charge < -0.3 is 4.90 Å². The summed E-state index contributed by atoms with van der Waals surface area (Å²) in [5.41, 5.74) is 0. The third-order valence-electron chi connectivity index (χ3n) is 1.61. The minimum atomic E-state index is 0.791. The molecule has 0 unspecified atom stereocenters. The molecule has 1 aliphatic rings. The van der Waals surface area contributed by atoms with Crippen LogP contribution in [0.3, 0.4) is 0 Å². The van der Waals surface area contributed by atoms with Crippen molar-refractivity contribution in [2.75, 3.05) is 13.1 Å². The summed E-state index contributed by atoms with van der Waals surface area (Å²) in [4.78, 5) is 12.0. The van der Waals surface area contributed by atoms with Crippen LogP contribution in [-0.2, 0) is 4.79 Å². The van der Waals surface area contributed by atoms with Crippen LogP contribution in [0.25, 0.3) is 0 Å². The Bertz CT molecular complexity index is 99.2. The van der Waals surface area contributed by atoms with Crippen LogP contribution in [0.2, 0.25) is 0 Å². The highest BCUT2D eigenvalue weighted by atomic mass is 127. The molecule has 0 radical (unpaired) electrons. The Morgan fingerprint density at radius 3 is 2.44 bits per heavy atom. The molecular weight excluding hydrogens is 229 g/mol. The van der Waals surface area contributed by atoms with E-state index < -0.39 is 0 Å². The minimum absolute atomic E-state index is 0.791. The average Bonchev–Trinajstić information content (AvgIpc) is 1.90. The molecule has 1 aliphatic heterocycles. The first kappa shape index (κ1) is 7.31. The van der Waals surface area contributed by atoms with Gasteiger partial charge in [0.2, 0.25) is 6.41 Å². The molecule has 1 saturated heterocycles. The van der Waals surface area contributed by atoms with Gasteiger partial charge in [0.25, 0.3) is 0 Å². The maximum absolute atomic E-state index is 10.2. The summed E-state index contributed by atoms with van der Waals surface area (Å²) in [6.45, 7) is 1.91. The molecular formula is C6H10INO. The lowest BCUT2D eigenvalue weighted by atomic mass is 10.1. The Labute approximate surface area is 68.7 Å². The number of piperidine rings is 1. The van der Waals surface area contributed by atoms with Crippen molar-refractivity contribution in [2.24, 2.45) is 0 Å². The first-order valence-electron chi connectivity index (χ1n) is 3.16. The van der Waals surface area contributed by atoms with Crippen LogP contribution >= 0.6 is 22.6 Å². The third kappa shape index (κ3) is 2.12. The molecule has 3 heteroatoms. The number of likely N-dealkylation sites (tertiary alicyclic amines) is 1. The number of alkyl halides is 1. The van der Waals surface area contributed by atoms with Crippen molar-refractivity contribution in [3.05, 3.63) is 0 Å². The molecule has 2 nitrogen and oxygen atoms in total. The van der Waals surface area contributed by atoms with Crippen molar-refractivity contribution < 1.29 is 4.79 Å². The average molecular weight is 239 g/mol. The second kappa shape index (κ2) is 3.39. The van der Waals surface area contributed by atoms with Crippen LogP contribution in [0.1, 0.15) is 12.8 Å². The Morgan fingerprint density at radius 2 is 2.00 bits per heavy atom. The van der Waals surface area contributed by atoms with E-state index in [1.54, 1.807) is 0 Å². The standard InChI is InChI=1S/C6H10INO/c7-6-1-3-8(5-9)4-2-6/h5-6H,1-4H2. The van der Waals surface area contributed by atoms with Gasteiger partial charge in [-0.15, -0.1) is 0 Å². The Kier molecular flexibility index (Phi) is 2.75. The summed E-state index contributed by atoms with van der Waals surface area (Å²) in [6.07, 6.45) is 3.28. The van der Waals surface area contributed by atoms with E-state index in [9.17, 15) is 4.79 Å². The van der Waals surface area contributed by atoms with Crippen molar-refractivity contribution in [3.63, 3.8) is 0 Å². The molecule has 1 amide bonds. The molecule has 0 saturated carbocycles. The van der Waals surface area contributed by atoms with Gasteiger partial charge in [-0.2, -0.15) is 0 Å². The first-order valence-corrected chi connectivity index (χ1v) is 4.41. The largest absolute Gasteiger partial charge is 0.345 e. The summed E-state index contributed by atoms with van der Waals surface area (Å²) >= 11 is 2.44. The van der Waals surface area contributed by atoms with Gasteiger partial charge in [0.1, 0.15) is 0 Å². The van der Waals surface area contributed by atoms with Crippen LogP contribution in [0, 0.1) is 0 Å². The van der Waals surface area contributed by atoms with E-state index in [2.05, 4.69) is 22.6 Å². The summed E-state index contributed by atoms with van der Waals surface area (Å²) in [5, 5.41) is 0. The predicted molar refractivity (Wildman–Crippen MR) is 44.7 cm³/mol. The first-order chi connectivity index (χ1) is 4.33. The Hall–Kier alpha value is 0.200. The highest BCUT2D eigenvalue weighted by molar-refractivity contribution is 14.1. The molecule has 0 spiro atoms. The second-order valence-electron chi connectivity index (χ2n) is 2.32. The summed E-state index contributed by atoms with van der Waals surface area (Å²) in [5.74, 6) is 0. The molecule has 0 N–H and O–H groups in total. The van der Waals surface area contributed by atoms with E-state index in [-0.39, 0.29) is 0 Å². The normalized spacial score (nSPS) is 22.1. The van der Waals surface area contributed by atoms with Gasteiger partial charge in [0, 0.05) is 17.0 Å². The van der Waals surface area contributed by atoms with Gasteiger partial charge in [-0.3, -0.25) is 4.79 Å². The number of carbonyl (C=O) groups is 1. The van der Waals surface area contributed by atoms with Gasteiger partial charge in [0.15, 0.2) is 0 Å². The van der Waals surface area contributed by atoms with E-state index in [0.29, 0.717) is 0 Å². The second-order valence-corrected chi connectivity index (χ2v) is 4.08. The maximum atomic E-state index is 10.2. The van der Waals surface area contributed by atoms with Crippen LogP contribution in [-0.4, -0.2) is 28.3 Å². The fraction of sp³-hybridized carbons (Fsp3) is 0.833. The zero-order valence-electron chi connectivity index (χ0n) is 5.22. The smallest absolute Gasteiger partial charge is 0.209 e.